The molecule has 0 bridgehead atoms. The first-order chi connectivity index (χ1) is 6.86. The van der Waals surface area contributed by atoms with Gasteiger partial charge in [-0.2, -0.15) is 0 Å². The van der Waals surface area contributed by atoms with Crippen LogP contribution >= 0.6 is 0 Å². The van der Waals surface area contributed by atoms with Crippen LogP contribution < -0.4 is 0 Å². The molecule has 0 fully saturated rings. The molecule has 5 heteroatoms. The summed E-state index contributed by atoms with van der Waals surface area (Å²) in [6, 6.07) is 0. The second-order valence-corrected chi connectivity index (χ2v) is 3.19. The van der Waals surface area contributed by atoms with Gasteiger partial charge in [0.2, 0.25) is 0 Å². The van der Waals surface area contributed by atoms with Gasteiger partial charge in [0.05, 0.1) is 12.7 Å². The average Bonchev–Trinajstić information content (AvgIpc) is 2.17. The van der Waals surface area contributed by atoms with E-state index in [0.717, 1.165) is 6.42 Å². The lowest BCUT2D eigenvalue weighted by atomic mass is 10.1. The first kappa shape index (κ1) is 16.5. The Bertz CT molecular complexity index is 178. The predicted octanol–water partition coefficient (Wildman–Crippen LogP) is 0.148. The molecule has 2 atom stereocenters. The zero-order valence-corrected chi connectivity index (χ0v) is 9.18. The number of rotatable bonds is 5. The minimum absolute atomic E-state index is 0.176. The summed E-state index contributed by atoms with van der Waals surface area (Å²) in [5.41, 5.74) is 0.176. The van der Waals surface area contributed by atoms with Crippen molar-refractivity contribution in [3.63, 3.8) is 0 Å². The summed E-state index contributed by atoms with van der Waals surface area (Å²) in [7, 11) is 0. The fourth-order valence-corrected chi connectivity index (χ4v) is 0.610. The lowest BCUT2D eigenvalue weighted by Gasteiger charge is -2.13. The van der Waals surface area contributed by atoms with Gasteiger partial charge in [0, 0.05) is 5.57 Å². The summed E-state index contributed by atoms with van der Waals surface area (Å²) >= 11 is 0. The molecular formula is C10H20O5. The van der Waals surface area contributed by atoms with E-state index in [1.165, 1.54) is 6.92 Å². The molecule has 0 aliphatic carbocycles. The largest absolute Gasteiger partial charge is 0.478 e. The number of aliphatic carboxylic acids is 1. The van der Waals surface area contributed by atoms with Crippen LogP contribution in [0.1, 0.15) is 26.7 Å². The molecule has 90 valence electrons. The van der Waals surface area contributed by atoms with E-state index in [9.17, 15) is 4.79 Å². The van der Waals surface area contributed by atoms with Crippen molar-refractivity contribution in [3.8, 4) is 0 Å². The standard InChI is InChI=1S/C6H14O3.C4H6O2/c1-2-3-5(8)6(9)4-7;1-3(2)4(5)6/h5-9H,2-4H2,1H3;1H2,2H3,(H,5,6). The zero-order valence-electron chi connectivity index (χ0n) is 9.18. The van der Waals surface area contributed by atoms with Crippen LogP contribution in [0.2, 0.25) is 0 Å². The monoisotopic (exact) mass is 220 g/mol. The van der Waals surface area contributed by atoms with Crippen molar-refractivity contribution in [2.75, 3.05) is 6.61 Å². The average molecular weight is 220 g/mol. The van der Waals surface area contributed by atoms with Crippen molar-refractivity contribution >= 4 is 5.97 Å². The molecule has 0 aromatic rings. The third kappa shape index (κ3) is 11.0. The molecule has 2 unspecified atom stereocenters. The minimum Gasteiger partial charge on any atom is -0.478 e. The molecule has 0 aliphatic heterocycles. The molecule has 0 saturated heterocycles. The Labute approximate surface area is 89.7 Å². The summed E-state index contributed by atoms with van der Waals surface area (Å²) in [5.74, 6) is -0.935. The lowest BCUT2D eigenvalue weighted by Crippen LogP contribution is -2.28. The van der Waals surface area contributed by atoms with E-state index in [1.54, 1.807) is 0 Å². The number of carboxylic acids is 1. The Kier molecular flexibility index (Phi) is 10.6. The number of aliphatic hydroxyl groups is 3. The normalized spacial score (nSPS) is 13.4. The fourth-order valence-electron chi connectivity index (χ4n) is 0.610. The number of hydrogen-bond acceptors (Lipinski definition) is 4. The van der Waals surface area contributed by atoms with Crippen LogP contribution in [0.3, 0.4) is 0 Å². The van der Waals surface area contributed by atoms with Crippen molar-refractivity contribution < 1.29 is 25.2 Å². The van der Waals surface area contributed by atoms with Crippen molar-refractivity contribution in [2.24, 2.45) is 0 Å². The van der Waals surface area contributed by atoms with E-state index < -0.39 is 18.2 Å². The van der Waals surface area contributed by atoms with E-state index in [1.807, 2.05) is 6.92 Å². The van der Waals surface area contributed by atoms with Crippen LogP contribution in [0.15, 0.2) is 12.2 Å². The molecular weight excluding hydrogens is 200 g/mol. The number of carboxylic acid groups (broad SMARTS) is 1. The molecule has 4 N–H and O–H groups in total. The van der Waals surface area contributed by atoms with Gasteiger partial charge in [0.25, 0.3) is 0 Å². The van der Waals surface area contributed by atoms with E-state index in [4.69, 9.17) is 20.4 Å². The molecule has 0 radical (unpaired) electrons. The van der Waals surface area contributed by atoms with Gasteiger partial charge < -0.3 is 20.4 Å². The van der Waals surface area contributed by atoms with Crippen molar-refractivity contribution in [3.05, 3.63) is 12.2 Å². The van der Waals surface area contributed by atoms with Crippen molar-refractivity contribution in [1.82, 2.24) is 0 Å². The fraction of sp³-hybridized carbons (Fsp3) is 0.700. The molecule has 5 nitrogen and oxygen atoms in total. The van der Waals surface area contributed by atoms with Gasteiger partial charge in [-0.1, -0.05) is 19.9 Å². The number of carbonyl (C=O) groups is 1. The van der Waals surface area contributed by atoms with Crippen LogP contribution in [0.5, 0.6) is 0 Å². The molecule has 15 heavy (non-hydrogen) atoms. The van der Waals surface area contributed by atoms with E-state index in [-0.39, 0.29) is 12.2 Å². The SMILES string of the molecule is C=C(C)C(=O)O.CCCC(O)C(O)CO. The first-order valence-electron chi connectivity index (χ1n) is 4.72. The van der Waals surface area contributed by atoms with Gasteiger partial charge in [-0.3, -0.25) is 0 Å². The van der Waals surface area contributed by atoms with Gasteiger partial charge in [-0.05, 0) is 13.3 Å². The van der Waals surface area contributed by atoms with Crippen LogP contribution in [0, 0.1) is 0 Å². The first-order valence-corrected chi connectivity index (χ1v) is 4.72. The second-order valence-electron chi connectivity index (χ2n) is 3.19. The van der Waals surface area contributed by atoms with Crippen LogP contribution in [0.4, 0.5) is 0 Å². The quantitative estimate of drug-likeness (QED) is 0.494. The maximum atomic E-state index is 9.60. The number of aliphatic hydroxyl groups excluding tert-OH is 3. The zero-order chi connectivity index (χ0) is 12.4. The Morgan fingerprint density at radius 1 is 1.33 bits per heavy atom. The van der Waals surface area contributed by atoms with Crippen LogP contribution in [-0.4, -0.2) is 45.2 Å². The van der Waals surface area contributed by atoms with Crippen LogP contribution in [-0.2, 0) is 4.79 Å². The minimum atomic E-state index is -0.968. The Hall–Kier alpha value is -0.910. The molecule has 0 saturated carbocycles. The molecule has 0 aromatic carbocycles. The smallest absolute Gasteiger partial charge is 0.330 e. The summed E-state index contributed by atoms with van der Waals surface area (Å²) in [6.07, 6.45) is -0.370. The maximum absolute atomic E-state index is 9.60. The van der Waals surface area contributed by atoms with Gasteiger partial charge >= 0.3 is 5.97 Å². The topological polar surface area (TPSA) is 98.0 Å². The second kappa shape index (κ2) is 9.64. The summed E-state index contributed by atoms with van der Waals surface area (Å²) in [5, 5.41) is 33.9. The highest BCUT2D eigenvalue weighted by molar-refractivity contribution is 5.84. The lowest BCUT2D eigenvalue weighted by molar-refractivity contribution is -0.132. The van der Waals surface area contributed by atoms with Crippen LogP contribution in [0.25, 0.3) is 0 Å². The molecule has 0 aromatic heterocycles. The summed E-state index contributed by atoms with van der Waals surface area (Å²) in [4.78, 5) is 9.60. The van der Waals surface area contributed by atoms with Gasteiger partial charge in [0.1, 0.15) is 6.10 Å². The maximum Gasteiger partial charge on any atom is 0.330 e. The number of hydrogen-bond donors (Lipinski definition) is 4. The van der Waals surface area contributed by atoms with Crippen molar-refractivity contribution in [1.29, 1.82) is 0 Å². The third-order valence-corrected chi connectivity index (χ3v) is 1.58. The molecule has 0 amide bonds. The summed E-state index contributed by atoms with van der Waals surface area (Å²) in [6.45, 7) is 6.15. The van der Waals surface area contributed by atoms with Crippen molar-refractivity contribution in [2.45, 2.75) is 38.9 Å². The molecule has 0 spiro atoms. The van der Waals surface area contributed by atoms with E-state index >= 15 is 0 Å². The van der Waals surface area contributed by atoms with Gasteiger partial charge in [0.15, 0.2) is 0 Å². The van der Waals surface area contributed by atoms with E-state index in [0.29, 0.717) is 6.42 Å². The molecule has 0 rings (SSSR count). The third-order valence-electron chi connectivity index (χ3n) is 1.58. The highest BCUT2D eigenvalue weighted by atomic mass is 16.4. The van der Waals surface area contributed by atoms with E-state index in [2.05, 4.69) is 6.58 Å². The highest BCUT2D eigenvalue weighted by Crippen LogP contribution is 2.00. The highest BCUT2D eigenvalue weighted by Gasteiger charge is 2.12. The van der Waals surface area contributed by atoms with Gasteiger partial charge in [-0.15, -0.1) is 0 Å². The molecule has 0 heterocycles. The summed E-state index contributed by atoms with van der Waals surface area (Å²) < 4.78 is 0. The Morgan fingerprint density at radius 2 is 1.73 bits per heavy atom. The Morgan fingerprint density at radius 3 is 1.93 bits per heavy atom. The predicted molar refractivity (Wildman–Crippen MR) is 56.5 cm³/mol. The Balaban J connectivity index is 0. The molecule has 0 aliphatic rings. The van der Waals surface area contributed by atoms with Gasteiger partial charge in [-0.25, -0.2) is 4.79 Å².